The molecule has 0 aliphatic heterocycles. The number of primary sulfonamides is 1. The second kappa shape index (κ2) is 5.65. The van der Waals surface area contributed by atoms with E-state index in [1.165, 1.54) is 12.1 Å². The van der Waals surface area contributed by atoms with E-state index in [9.17, 15) is 8.42 Å². The van der Waals surface area contributed by atoms with Gasteiger partial charge in [-0.3, -0.25) is 0 Å². The van der Waals surface area contributed by atoms with Crippen molar-refractivity contribution in [2.45, 2.75) is 4.90 Å². The predicted molar refractivity (Wildman–Crippen MR) is 62.1 cm³/mol. The van der Waals surface area contributed by atoms with Crippen LogP contribution in [0.15, 0.2) is 58.1 Å². The summed E-state index contributed by atoms with van der Waals surface area (Å²) in [5.41, 5.74) is 0. The quantitative estimate of drug-likeness (QED) is 0.831. The molecule has 2 N–H and O–H groups in total. The molecule has 1 aromatic carbocycles. The van der Waals surface area contributed by atoms with Crippen LogP contribution >= 0.6 is 11.3 Å². The van der Waals surface area contributed by atoms with E-state index in [1.54, 1.807) is 29.5 Å². The lowest BCUT2D eigenvalue weighted by atomic mass is 10.4. The molecular weight excluding hydrogens is 230 g/mol. The maximum atomic E-state index is 10.6. The lowest BCUT2D eigenvalue weighted by molar-refractivity contribution is 0.598. The molecule has 15 heavy (non-hydrogen) atoms. The number of rotatable bonds is 1. The van der Waals surface area contributed by atoms with Gasteiger partial charge in [-0.25, -0.2) is 13.6 Å². The average molecular weight is 241 g/mol. The van der Waals surface area contributed by atoms with E-state index in [2.05, 4.69) is 0 Å². The second-order valence-corrected chi connectivity index (χ2v) is 5.03. The molecule has 5 heteroatoms. The highest BCUT2D eigenvalue weighted by molar-refractivity contribution is 7.89. The Hall–Kier alpha value is -1.17. The van der Waals surface area contributed by atoms with Gasteiger partial charge >= 0.3 is 0 Å². The highest BCUT2D eigenvalue weighted by atomic mass is 32.2. The number of thiophene rings is 1. The average Bonchev–Trinajstić information content (AvgIpc) is 2.76. The smallest absolute Gasteiger partial charge is 0.225 e. The molecule has 2 aromatic rings. The van der Waals surface area contributed by atoms with E-state index < -0.39 is 10.0 Å². The zero-order chi connectivity index (χ0) is 11.1. The van der Waals surface area contributed by atoms with Crippen LogP contribution in [0, 0.1) is 0 Å². The summed E-state index contributed by atoms with van der Waals surface area (Å²) in [6.45, 7) is 0. The van der Waals surface area contributed by atoms with Crippen LogP contribution in [0.3, 0.4) is 0 Å². The Kier molecular flexibility index (Phi) is 4.48. The third-order valence-electron chi connectivity index (χ3n) is 1.50. The first-order valence-corrected chi connectivity index (χ1v) is 6.64. The first-order valence-electron chi connectivity index (χ1n) is 4.16. The summed E-state index contributed by atoms with van der Waals surface area (Å²) in [6, 6.07) is 11.9. The molecule has 80 valence electrons. The van der Waals surface area contributed by atoms with Gasteiger partial charge in [0, 0.05) is 0 Å². The van der Waals surface area contributed by atoms with Crippen LogP contribution in [0.5, 0.6) is 0 Å². The van der Waals surface area contributed by atoms with Crippen LogP contribution < -0.4 is 5.14 Å². The molecule has 0 radical (unpaired) electrons. The van der Waals surface area contributed by atoms with Gasteiger partial charge < -0.3 is 0 Å². The molecule has 1 heterocycles. The summed E-state index contributed by atoms with van der Waals surface area (Å²) in [6.07, 6.45) is 0. The fourth-order valence-electron chi connectivity index (χ4n) is 0.837. The van der Waals surface area contributed by atoms with Gasteiger partial charge in [-0.05, 0) is 22.9 Å². The van der Waals surface area contributed by atoms with Crippen molar-refractivity contribution in [1.82, 2.24) is 0 Å². The SMILES string of the molecule is NS(=O)(=O)c1ccccc1.c1ccsc1. The van der Waals surface area contributed by atoms with E-state index in [4.69, 9.17) is 5.14 Å². The van der Waals surface area contributed by atoms with Crippen molar-refractivity contribution < 1.29 is 8.42 Å². The Morgan fingerprint density at radius 1 is 0.933 bits per heavy atom. The summed E-state index contributed by atoms with van der Waals surface area (Å²) < 4.78 is 21.2. The fraction of sp³-hybridized carbons (Fsp3) is 0. The van der Waals surface area contributed by atoms with Gasteiger partial charge in [0.25, 0.3) is 0 Å². The molecule has 0 saturated heterocycles. The molecule has 0 amide bonds. The van der Waals surface area contributed by atoms with Crippen molar-refractivity contribution in [3.05, 3.63) is 53.2 Å². The molecule has 3 nitrogen and oxygen atoms in total. The van der Waals surface area contributed by atoms with Crippen LogP contribution in [0.2, 0.25) is 0 Å². The Morgan fingerprint density at radius 2 is 1.47 bits per heavy atom. The van der Waals surface area contributed by atoms with Crippen LogP contribution in [-0.4, -0.2) is 8.42 Å². The molecule has 0 unspecified atom stereocenters. The fourth-order valence-corrected chi connectivity index (χ4v) is 1.83. The van der Waals surface area contributed by atoms with Crippen molar-refractivity contribution in [1.29, 1.82) is 0 Å². The van der Waals surface area contributed by atoms with Gasteiger partial charge in [0.05, 0.1) is 4.90 Å². The van der Waals surface area contributed by atoms with Crippen LogP contribution in [0.4, 0.5) is 0 Å². The molecule has 0 fully saturated rings. The standard InChI is InChI=1S/C6H7NO2S.C4H4S/c7-10(8,9)6-4-2-1-3-5-6;1-2-4-5-3-1/h1-5H,(H2,7,8,9);1-4H. The molecule has 2 rings (SSSR count). The maximum absolute atomic E-state index is 10.6. The van der Waals surface area contributed by atoms with E-state index >= 15 is 0 Å². The Labute approximate surface area is 93.2 Å². The summed E-state index contributed by atoms with van der Waals surface area (Å²) in [5.74, 6) is 0. The maximum Gasteiger partial charge on any atom is 0.238 e. The van der Waals surface area contributed by atoms with Crippen molar-refractivity contribution in [2.75, 3.05) is 0 Å². The molecule has 0 bridgehead atoms. The van der Waals surface area contributed by atoms with Gasteiger partial charge in [0.2, 0.25) is 10.0 Å². The molecule has 0 spiro atoms. The highest BCUT2D eigenvalue weighted by Gasteiger charge is 2.03. The van der Waals surface area contributed by atoms with E-state index in [1.807, 2.05) is 22.9 Å². The normalized spacial score (nSPS) is 10.2. The Bertz CT molecular complexity index is 446. The van der Waals surface area contributed by atoms with E-state index in [0.717, 1.165) is 0 Å². The van der Waals surface area contributed by atoms with Crippen molar-refractivity contribution in [2.24, 2.45) is 5.14 Å². The lowest BCUT2D eigenvalue weighted by Crippen LogP contribution is -2.11. The number of hydrogen-bond donors (Lipinski definition) is 1. The number of benzene rings is 1. The first-order chi connectivity index (χ1) is 7.11. The molecular formula is C10H11NO2S2. The minimum Gasteiger partial charge on any atom is -0.225 e. The minimum absolute atomic E-state index is 0.148. The Morgan fingerprint density at radius 3 is 1.73 bits per heavy atom. The number of hydrogen-bond acceptors (Lipinski definition) is 3. The zero-order valence-electron chi connectivity index (χ0n) is 7.91. The van der Waals surface area contributed by atoms with E-state index in [0.29, 0.717) is 0 Å². The monoisotopic (exact) mass is 241 g/mol. The number of sulfonamides is 1. The van der Waals surface area contributed by atoms with Gasteiger partial charge in [-0.2, -0.15) is 11.3 Å². The van der Waals surface area contributed by atoms with Crippen LogP contribution in [0.1, 0.15) is 0 Å². The van der Waals surface area contributed by atoms with Crippen LogP contribution in [0.25, 0.3) is 0 Å². The minimum atomic E-state index is -3.50. The molecule has 0 aliphatic carbocycles. The van der Waals surface area contributed by atoms with Crippen molar-refractivity contribution >= 4 is 21.4 Å². The van der Waals surface area contributed by atoms with Crippen molar-refractivity contribution in [3.63, 3.8) is 0 Å². The van der Waals surface area contributed by atoms with Gasteiger partial charge in [-0.15, -0.1) is 0 Å². The molecule has 0 atom stereocenters. The van der Waals surface area contributed by atoms with Crippen LogP contribution in [-0.2, 0) is 10.0 Å². The summed E-state index contributed by atoms with van der Waals surface area (Å²) >= 11 is 1.71. The van der Waals surface area contributed by atoms with Gasteiger partial charge in [0.15, 0.2) is 0 Å². The van der Waals surface area contributed by atoms with Crippen molar-refractivity contribution in [3.8, 4) is 0 Å². The van der Waals surface area contributed by atoms with Gasteiger partial charge in [-0.1, -0.05) is 30.3 Å². The molecule has 1 aromatic heterocycles. The van der Waals surface area contributed by atoms with E-state index in [-0.39, 0.29) is 4.90 Å². The predicted octanol–water partition coefficient (Wildman–Crippen LogP) is 2.08. The highest BCUT2D eigenvalue weighted by Crippen LogP contribution is 2.03. The first kappa shape index (κ1) is 11.9. The number of nitrogens with two attached hydrogens (primary N) is 1. The molecule has 0 saturated carbocycles. The van der Waals surface area contributed by atoms with Gasteiger partial charge in [0.1, 0.15) is 0 Å². The third kappa shape index (κ3) is 4.73. The lowest BCUT2D eigenvalue weighted by Gasteiger charge is -1.93. The summed E-state index contributed by atoms with van der Waals surface area (Å²) in [4.78, 5) is 0.148. The molecule has 0 aliphatic rings. The topological polar surface area (TPSA) is 60.2 Å². The third-order valence-corrected chi connectivity index (χ3v) is 3.05. The zero-order valence-corrected chi connectivity index (χ0v) is 9.54. The second-order valence-electron chi connectivity index (χ2n) is 2.65. The summed E-state index contributed by atoms with van der Waals surface area (Å²) in [5, 5.41) is 8.91. The largest absolute Gasteiger partial charge is 0.238 e. The summed E-state index contributed by atoms with van der Waals surface area (Å²) in [7, 11) is -3.50. The Balaban J connectivity index is 0.000000187.